The molecule has 3 amide bonds. The zero-order valence-electron chi connectivity index (χ0n) is 20.5. The van der Waals surface area contributed by atoms with Crippen LogP contribution in [0.25, 0.3) is 0 Å². The van der Waals surface area contributed by atoms with Gasteiger partial charge in [-0.2, -0.15) is 0 Å². The molecule has 1 aromatic carbocycles. The molecule has 3 fully saturated rings. The average Bonchev–Trinajstić information content (AvgIpc) is 3.58. The standard InChI is InChI=1S/C27H38ClN3O3/c1-18(2)26(33)31(22-6-4-3-5-7-22)23-14-15-30(17-23)27(34)24(29-25(32)20-10-11-20)16-19-8-12-21(28)13-9-19/h8-9,12-13,18,20,22-24H,3-7,10-11,14-17H2,1-2H3,(H,29,32). The number of hydrogen-bond donors (Lipinski definition) is 1. The number of carbonyl (C=O) groups excluding carboxylic acids is 3. The summed E-state index contributed by atoms with van der Waals surface area (Å²) in [5.74, 6) is 0.110. The van der Waals surface area contributed by atoms with E-state index in [0.717, 1.165) is 50.5 Å². The highest BCUT2D eigenvalue weighted by atomic mass is 35.5. The fourth-order valence-electron chi connectivity index (χ4n) is 5.40. The van der Waals surface area contributed by atoms with E-state index >= 15 is 0 Å². The number of carbonyl (C=O) groups is 3. The van der Waals surface area contributed by atoms with Crippen LogP contribution in [0.3, 0.4) is 0 Å². The van der Waals surface area contributed by atoms with E-state index in [4.69, 9.17) is 11.6 Å². The predicted octanol–water partition coefficient (Wildman–Crippen LogP) is 4.20. The summed E-state index contributed by atoms with van der Waals surface area (Å²) in [4.78, 5) is 43.4. The monoisotopic (exact) mass is 487 g/mol. The Labute approximate surface area is 208 Å². The largest absolute Gasteiger partial charge is 0.344 e. The molecule has 0 aromatic heterocycles. The molecule has 1 N–H and O–H groups in total. The summed E-state index contributed by atoms with van der Waals surface area (Å²) < 4.78 is 0. The highest BCUT2D eigenvalue weighted by Gasteiger charge is 2.40. The van der Waals surface area contributed by atoms with Gasteiger partial charge in [-0.15, -0.1) is 0 Å². The van der Waals surface area contributed by atoms with Gasteiger partial charge in [0.05, 0.1) is 6.04 Å². The van der Waals surface area contributed by atoms with Crippen molar-refractivity contribution >= 4 is 29.3 Å². The second-order valence-corrected chi connectivity index (χ2v) is 11.0. The van der Waals surface area contributed by atoms with Crippen LogP contribution in [0.4, 0.5) is 0 Å². The number of benzene rings is 1. The molecule has 2 aliphatic carbocycles. The minimum atomic E-state index is -0.600. The van der Waals surface area contributed by atoms with Crippen molar-refractivity contribution in [1.29, 1.82) is 0 Å². The van der Waals surface area contributed by atoms with Gasteiger partial charge in [0.1, 0.15) is 6.04 Å². The molecular formula is C27H38ClN3O3. The highest BCUT2D eigenvalue weighted by molar-refractivity contribution is 6.30. The van der Waals surface area contributed by atoms with Gasteiger partial charge in [0, 0.05) is 42.4 Å². The summed E-state index contributed by atoms with van der Waals surface area (Å²) in [7, 11) is 0. The van der Waals surface area contributed by atoms with Crippen molar-refractivity contribution in [3.8, 4) is 0 Å². The van der Waals surface area contributed by atoms with Crippen molar-refractivity contribution in [3.63, 3.8) is 0 Å². The molecule has 7 heteroatoms. The van der Waals surface area contributed by atoms with E-state index in [1.54, 1.807) is 0 Å². The molecule has 34 heavy (non-hydrogen) atoms. The van der Waals surface area contributed by atoms with E-state index in [9.17, 15) is 14.4 Å². The maximum Gasteiger partial charge on any atom is 0.245 e. The molecule has 0 radical (unpaired) electrons. The van der Waals surface area contributed by atoms with Gasteiger partial charge in [-0.25, -0.2) is 0 Å². The summed E-state index contributed by atoms with van der Waals surface area (Å²) in [6.45, 7) is 5.09. The molecule has 186 valence electrons. The van der Waals surface area contributed by atoms with E-state index in [2.05, 4.69) is 10.2 Å². The summed E-state index contributed by atoms with van der Waals surface area (Å²) in [5, 5.41) is 3.67. The Kier molecular flexibility index (Phi) is 8.18. The molecule has 0 spiro atoms. The van der Waals surface area contributed by atoms with Gasteiger partial charge < -0.3 is 15.1 Å². The van der Waals surface area contributed by atoms with Gasteiger partial charge in [0.2, 0.25) is 17.7 Å². The third-order valence-corrected chi connectivity index (χ3v) is 7.75. The summed E-state index contributed by atoms with van der Waals surface area (Å²) in [6.07, 6.45) is 8.70. The fourth-order valence-corrected chi connectivity index (χ4v) is 5.52. The second kappa shape index (κ2) is 11.1. The van der Waals surface area contributed by atoms with Crippen molar-refractivity contribution in [2.45, 2.75) is 89.8 Å². The van der Waals surface area contributed by atoms with Crippen LogP contribution in [0, 0.1) is 11.8 Å². The minimum absolute atomic E-state index is 0.0260. The van der Waals surface area contributed by atoms with E-state index in [-0.39, 0.29) is 41.6 Å². The Morgan fingerprint density at radius 2 is 1.68 bits per heavy atom. The Morgan fingerprint density at radius 1 is 1.00 bits per heavy atom. The van der Waals surface area contributed by atoms with Gasteiger partial charge in [-0.05, 0) is 49.8 Å². The van der Waals surface area contributed by atoms with Crippen molar-refractivity contribution in [3.05, 3.63) is 34.9 Å². The van der Waals surface area contributed by atoms with Gasteiger partial charge in [0.15, 0.2) is 0 Å². The average molecular weight is 488 g/mol. The lowest BCUT2D eigenvalue weighted by atomic mass is 9.92. The number of hydrogen-bond acceptors (Lipinski definition) is 3. The van der Waals surface area contributed by atoms with Crippen molar-refractivity contribution in [2.24, 2.45) is 11.8 Å². The van der Waals surface area contributed by atoms with Gasteiger partial charge in [-0.1, -0.05) is 56.8 Å². The van der Waals surface area contributed by atoms with Crippen molar-refractivity contribution in [1.82, 2.24) is 15.1 Å². The maximum absolute atomic E-state index is 13.6. The third-order valence-electron chi connectivity index (χ3n) is 7.50. The van der Waals surface area contributed by atoms with Crippen LogP contribution in [0.15, 0.2) is 24.3 Å². The summed E-state index contributed by atoms with van der Waals surface area (Å²) in [6, 6.07) is 7.17. The van der Waals surface area contributed by atoms with Gasteiger partial charge in [-0.3, -0.25) is 14.4 Å². The van der Waals surface area contributed by atoms with Crippen LogP contribution in [-0.4, -0.2) is 58.7 Å². The molecule has 2 saturated carbocycles. The SMILES string of the molecule is CC(C)C(=O)N(C1CCCCC1)C1CCN(C(=O)C(Cc2ccc(Cl)cc2)NC(=O)C2CC2)C1. The van der Waals surface area contributed by atoms with Crippen LogP contribution in [-0.2, 0) is 20.8 Å². The Morgan fingerprint density at radius 3 is 2.29 bits per heavy atom. The first-order chi connectivity index (χ1) is 16.3. The van der Waals surface area contributed by atoms with Crippen LogP contribution < -0.4 is 5.32 Å². The minimum Gasteiger partial charge on any atom is -0.344 e. The van der Waals surface area contributed by atoms with E-state index < -0.39 is 6.04 Å². The first-order valence-corrected chi connectivity index (χ1v) is 13.4. The number of nitrogens with one attached hydrogen (secondary N) is 1. The normalized spacial score (nSPS) is 22.0. The fraction of sp³-hybridized carbons (Fsp3) is 0.667. The highest BCUT2D eigenvalue weighted by Crippen LogP contribution is 2.31. The smallest absolute Gasteiger partial charge is 0.245 e. The van der Waals surface area contributed by atoms with E-state index in [0.29, 0.717) is 24.5 Å². The lowest BCUT2D eigenvalue weighted by Crippen LogP contribution is -2.53. The number of nitrogens with zero attached hydrogens (tertiary/aromatic N) is 2. The molecule has 1 aromatic rings. The Hall–Kier alpha value is -2.08. The molecule has 2 unspecified atom stereocenters. The van der Waals surface area contributed by atoms with Crippen LogP contribution in [0.5, 0.6) is 0 Å². The number of halogens is 1. The Balaban J connectivity index is 1.47. The first-order valence-electron chi connectivity index (χ1n) is 13.0. The van der Waals surface area contributed by atoms with Crippen LogP contribution in [0.1, 0.15) is 70.8 Å². The lowest BCUT2D eigenvalue weighted by Gasteiger charge is -2.39. The van der Waals surface area contributed by atoms with E-state index in [1.807, 2.05) is 43.0 Å². The zero-order chi connectivity index (χ0) is 24.2. The molecule has 6 nitrogen and oxygen atoms in total. The third kappa shape index (κ3) is 6.12. The number of rotatable bonds is 8. The summed E-state index contributed by atoms with van der Waals surface area (Å²) >= 11 is 6.03. The molecule has 1 saturated heterocycles. The van der Waals surface area contributed by atoms with Gasteiger partial charge >= 0.3 is 0 Å². The molecule has 1 heterocycles. The molecule has 2 atom stereocenters. The van der Waals surface area contributed by atoms with Crippen molar-refractivity contribution < 1.29 is 14.4 Å². The topological polar surface area (TPSA) is 69.7 Å². The maximum atomic E-state index is 13.6. The lowest BCUT2D eigenvalue weighted by molar-refractivity contribution is -0.141. The van der Waals surface area contributed by atoms with Crippen LogP contribution >= 0.6 is 11.6 Å². The predicted molar refractivity (Wildman–Crippen MR) is 133 cm³/mol. The molecular weight excluding hydrogens is 450 g/mol. The molecule has 1 aliphatic heterocycles. The number of likely N-dealkylation sites (tertiary alicyclic amines) is 1. The van der Waals surface area contributed by atoms with Crippen LogP contribution in [0.2, 0.25) is 5.02 Å². The van der Waals surface area contributed by atoms with Crippen molar-refractivity contribution in [2.75, 3.05) is 13.1 Å². The Bertz CT molecular complexity index is 878. The van der Waals surface area contributed by atoms with Gasteiger partial charge in [0.25, 0.3) is 0 Å². The van der Waals surface area contributed by atoms with E-state index in [1.165, 1.54) is 6.42 Å². The number of amides is 3. The first kappa shape index (κ1) is 25.0. The molecule has 0 bridgehead atoms. The summed E-state index contributed by atoms with van der Waals surface area (Å²) in [5.41, 5.74) is 0.966. The molecule has 4 rings (SSSR count). The zero-order valence-corrected chi connectivity index (χ0v) is 21.2. The molecule has 3 aliphatic rings. The quantitative estimate of drug-likeness (QED) is 0.597. The second-order valence-electron chi connectivity index (χ2n) is 10.6.